The third-order valence-corrected chi connectivity index (χ3v) is 5.61. The van der Waals surface area contributed by atoms with Crippen LogP contribution in [0.2, 0.25) is 5.02 Å². The number of hydrogen-bond donors (Lipinski definition) is 0. The van der Waals surface area contributed by atoms with Crippen molar-refractivity contribution in [2.45, 2.75) is 25.4 Å². The number of benzene rings is 2. The van der Waals surface area contributed by atoms with Crippen molar-refractivity contribution in [3.8, 4) is 0 Å². The first-order valence-electron chi connectivity index (χ1n) is 9.01. The summed E-state index contributed by atoms with van der Waals surface area (Å²) in [6.45, 7) is 2.03. The molecule has 0 aromatic heterocycles. The minimum absolute atomic E-state index is 0.0621. The van der Waals surface area contributed by atoms with E-state index in [0.29, 0.717) is 29.6 Å². The molecule has 0 unspecified atom stereocenters. The number of amides is 2. The molecule has 0 saturated carbocycles. The fourth-order valence-electron chi connectivity index (χ4n) is 4.00. The van der Waals surface area contributed by atoms with Crippen molar-refractivity contribution in [1.29, 1.82) is 0 Å². The number of halogens is 1. The van der Waals surface area contributed by atoms with Crippen LogP contribution in [0, 0.1) is 5.92 Å². The van der Waals surface area contributed by atoms with Crippen LogP contribution in [-0.4, -0.2) is 40.7 Å². The molecular weight excluding hydrogens is 348 g/mol. The molecule has 2 heterocycles. The molecule has 2 amide bonds. The topological polar surface area (TPSA) is 40.6 Å². The quantitative estimate of drug-likeness (QED) is 0.830. The fourth-order valence-corrected chi connectivity index (χ4v) is 4.12. The molecule has 0 N–H and O–H groups in total. The van der Waals surface area contributed by atoms with Crippen LogP contribution < -0.4 is 0 Å². The average molecular weight is 369 g/mol. The Morgan fingerprint density at radius 1 is 1.08 bits per heavy atom. The molecule has 2 aliphatic rings. The Balaban J connectivity index is 1.53. The fraction of sp³-hybridized carbons (Fsp3) is 0.333. The van der Waals surface area contributed by atoms with E-state index in [1.807, 2.05) is 35.2 Å². The third kappa shape index (κ3) is 3.34. The van der Waals surface area contributed by atoms with Gasteiger partial charge < -0.3 is 9.80 Å². The van der Waals surface area contributed by atoms with Crippen molar-refractivity contribution in [1.82, 2.24) is 9.80 Å². The highest BCUT2D eigenvalue weighted by atomic mass is 35.5. The van der Waals surface area contributed by atoms with E-state index in [0.717, 1.165) is 24.9 Å². The first-order chi connectivity index (χ1) is 12.6. The number of likely N-dealkylation sites (tertiary alicyclic amines) is 2. The van der Waals surface area contributed by atoms with Crippen molar-refractivity contribution in [3.63, 3.8) is 0 Å². The van der Waals surface area contributed by atoms with Gasteiger partial charge in [0.15, 0.2) is 0 Å². The lowest BCUT2D eigenvalue weighted by molar-refractivity contribution is -0.144. The standard InChI is InChI=1S/C21H21ClN2O2/c22-18-8-6-17(7-9-18)20(25)24-11-10-16-12-19(24)21(26)23(14-16)13-15-4-2-1-3-5-15/h1-9,16,19H,10-14H2/t16-,19+/m0/s1. The maximum Gasteiger partial charge on any atom is 0.254 e. The number of carbonyl (C=O) groups is 2. The van der Waals surface area contributed by atoms with Crippen LogP contribution in [0.3, 0.4) is 0 Å². The monoisotopic (exact) mass is 368 g/mol. The normalized spacial score (nSPS) is 22.4. The maximum absolute atomic E-state index is 13.1. The minimum atomic E-state index is -0.352. The zero-order valence-electron chi connectivity index (χ0n) is 14.5. The summed E-state index contributed by atoms with van der Waals surface area (Å²) in [7, 11) is 0. The van der Waals surface area contributed by atoms with Gasteiger partial charge in [0.1, 0.15) is 6.04 Å². The molecule has 2 atom stereocenters. The SMILES string of the molecule is O=C1[C@H]2C[C@H](CCN2C(=O)c2ccc(Cl)cc2)CN1Cc1ccccc1. The lowest BCUT2D eigenvalue weighted by Crippen LogP contribution is -2.59. The van der Waals surface area contributed by atoms with Gasteiger partial charge in [-0.1, -0.05) is 41.9 Å². The first-order valence-corrected chi connectivity index (χ1v) is 9.39. The largest absolute Gasteiger partial charge is 0.336 e. The Bertz CT molecular complexity index is 807. The van der Waals surface area contributed by atoms with E-state index in [9.17, 15) is 9.59 Å². The summed E-state index contributed by atoms with van der Waals surface area (Å²) in [5.41, 5.74) is 1.71. The smallest absolute Gasteiger partial charge is 0.254 e. The molecule has 134 valence electrons. The highest BCUT2D eigenvalue weighted by Gasteiger charge is 2.43. The van der Waals surface area contributed by atoms with Crippen LogP contribution in [0.1, 0.15) is 28.8 Å². The van der Waals surface area contributed by atoms with Gasteiger partial charge in [-0.15, -0.1) is 0 Å². The lowest BCUT2D eigenvalue weighted by Gasteiger charge is -2.46. The molecule has 2 aliphatic heterocycles. The van der Waals surface area contributed by atoms with E-state index < -0.39 is 0 Å². The van der Waals surface area contributed by atoms with Crippen LogP contribution in [-0.2, 0) is 11.3 Å². The second kappa shape index (κ2) is 7.12. The van der Waals surface area contributed by atoms with E-state index in [1.165, 1.54) is 0 Å². The van der Waals surface area contributed by atoms with Crippen molar-refractivity contribution >= 4 is 23.4 Å². The van der Waals surface area contributed by atoms with Gasteiger partial charge in [0.2, 0.25) is 5.91 Å². The molecule has 26 heavy (non-hydrogen) atoms. The zero-order chi connectivity index (χ0) is 18.1. The van der Waals surface area contributed by atoms with Crippen molar-refractivity contribution in [2.24, 2.45) is 5.92 Å². The van der Waals surface area contributed by atoms with Gasteiger partial charge in [0.05, 0.1) is 0 Å². The molecule has 0 radical (unpaired) electrons. The highest BCUT2D eigenvalue weighted by Crippen LogP contribution is 2.32. The Hall–Kier alpha value is -2.33. The van der Waals surface area contributed by atoms with Crippen LogP contribution >= 0.6 is 11.6 Å². The van der Waals surface area contributed by atoms with Gasteiger partial charge in [-0.05, 0) is 48.6 Å². The number of fused-ring (bicyclic) bond motifs is 2. The minimum Gasteiger partial charge on any atom is -0.336 e. The highest BCUT2D eigenvalue weighted by molar-refractivity contribution is 6.30. The summed E-state index contributed by atoms with van der Waals surface area (Å²) in [5.74, 6) is 0.447. The third-order valence-electron chi connectivity index (χ3n) is 5.35. The van der Waals surface area contributed by atoms with Gasteiger partial charge in [-0.2, -0.15) is 0 Å². The summed E-state index contributed by atoms with van der Waals surface area (Å²) in [5, 5.41) is 0.600. The van der Waals surface area contributed by atoms with E-state index in [2.05, 4.69) is 0 Å². The average Bonchev–Trinajstić information content (AvgIpc) is 2.67. The molecular formula is C21H21ClN2O2. The van der Waals surface area contributed by atoms with Gasteiger partial charge in [-0.25, -0.2) is 0 Å². The predicted octanol–water partition coefficient (Wildman–Crippen LogP) is 3.60. The van der Waals surface area contributed by atoms with E-state index in [4.69, 9.17) is 11.6 Å². The van der Waals surface area contributed by atoms with E-state index in [-0.39, 0.29) is 17.9 Å². The Kier molecular flexibility index (Phi) is 4.68. The molecule has 0 spiro atoms. The maximum atomic E-state index is 13.1. The van der Waals surface area contributed by atoms with Crippen LogP contribution in [0.15, 0.2) is 54.6 Å². The van der Waals surface area contributed by atoms with Gasteiger partial charge in [-0.3, -0.25) is 9.59 Å². The number of rotatable bonds is 3. The molecule has 4 nitrogen and oxygen atoms in total. The van der Waals surface area contributed by atoms with E-state index in [1.54, 1.807) is 29.2 Å². The van der Waals surface area contributed by atoms with Crippen LogP contribution in [0.4, 0.5) is 0 Å². The Morgan fingerprint density at radius 2 is 1.81 bits per heavy atom. The lowest BCUT2D eigenvalue weighted by atomic mass is 9.85. The molecule has 4 rings (SSSR count). The van der Waals surface area contributed by atoms with E-state index >= 15 is 0 Å². The summed E-state index contributed by atoms with van der Waals surface area (Å²) in [6, 6.07) is 16.6. The number of nitrogens with zero attached hydrogens (tertiary/aromatic N) is 2. The predicted molar refractivity (Wildman–Crippen MR) is 101 cm³/mol. The zero-order valence-corrected chi connectivity index (χ0v) is 15.2. The van der Waals surface area contributed by atoms with Gasteiger partial charge in [0, 0.05) is 30.2 Å². The number of hydrogen-bond acceptors (Lipinski definition) is 2. The molecule has 2 aromatic carbocycles. The summed E-state index contributed by atoms with van der Waals surface area (Å²) in [6.07, 6.45) is 1.71. The van der Waals surface area contributed by atoms with Crippen molar-refractivity contribution in [3.05, 3.63) is 70.7 Å². The Labute approximate surface area is 158 Å². The molecule has 2 aromatic rings. The van der Waals surface area contributed by atoms with Gasteiger partial charge >= 0.3 is 0 Å². The Morgan fingerprint density at radius 3 is 2.54 bits per heavy atom. The van der Waals surface area contributed by atoms with Crippen molar-refractivity contribution < 1.29 is 9.59 Å². The molecule has 0 aliphatic carbocycles. The van der Waals surface area contributed by atoms with Crippen molar-refractivity contribution in [2.75, 3.05) is 13.1 Å². The van der Waals surface area contributed by atoms with Crippen LogP contribution in [0.25, 0.3) is 0 Å². The summed E-state index contributed by atoms with van der Waals surface area (Å²) >= 11 is 5.92. The first kappa shape index (κ1) is 17.1. The number of carbonyl (C=O) groups excluding carboxylic acids is 2. The summed E-state index contributed by atoms with van der Waals surface area (Å²) in [4.78, 5) is 29.6. The summed E-state index contributed by atoms with van der Waals surface area (Å²) < 4.78 is 0. The van der Waals surface area contributed by atoms with Crippen LogP contribution in [0.5, 0.6) is 0 Å². The molecule has 2 bridgehead atoms. The van der Waals surface area contributed by atoms with Gasteiger partial charge in [0.25, 0.3) is 5.91 Å². The molecule has 2 fully saturated rings. The molecule has 2 saturated heterocycles. The number of piperidine rings is 2. The second-order valence-electron chi connectivity index (χ2n) is 7.12. The second-order valence-corrected chi connectivity index (χ2v) is 7.55. The molecule has 5 heteroatoms.